The van der Waals surface area contributed by atoms with Crippen molar-refractivity contribution in [2.45, 2.75) is 0 Å². The molecule has 0 aliphatic carbocycles. The van der Waals surface area contributed by atoms with Crippen molar-refractivity contribution >= 4 is 23.3 Å². The van der Waals surface area contributed by atoms with Crippen LogP contribution in [-0.4, -0.2) is 31.8 Å². The molecule has 0 aliphatic rings. The van der Waals surface area contributed by atoms with Gasteiger partial charge in [-0.25, -0.2) is 19.3 Å². The van der Waals surface area contributed by atoms with Crippen LogP contribution in [0.5, 0.6) is 0 Å². The molecule has 0 atom stereocenters. The maximum atomic E-state index is 13.8. The lowest BCUT2D eigenvalue weighted by Crippen LogP contribution is -2.24. The highest BCUT2D eigenvalue weighted by Gasteiger charge is 2.14. The Hall–Kier alpha value is -3.13. The zero-order valence-corrected chi connectivity index (χ0v) is 14.4. The Morgan fingerprint density at radius 2 is 2.04 bits per heavy atom. The molecule has 1 N–H and O–H groups in total. The zero-order chi connectivity index (χ0) is 18.7. The molecule has 2 aromatic heterocycles. The molecule has 0 bridgehead atoms. The first-order valence-electron chi connectivity index (χ1n) is 7.52. The van der Waals surface area contributed by atoms with E-state index >= 15 is 0 Å². The summed E-state index contributed by atoms with van der Waals surface area (Å²) in [5.74, 6) is -0.793. The molecule has 0 saturated heterocycles. The third-order valence-corrected chi connectivity index (χ3v) is 3.87. The topological polar surface area (TPSA) is 89.8 Å². The number of nitrogens with one attached hydrogen (secondary N) is 1. The highest BCUT2D eigenvalue weighted by atomic mass is 35.5. The van der Waals surface area contributed by atoms with Crippen LogP contribution < -0.4 is 10.9 Å². The number of carbonyl (C=O) groups is 1. The van der Waals surface area contributed by atoms with Gasteiger partial charge in [-0.05, 0) is 24.3 Å². The Labute approximate surface area is 152 Å². The summed E-state index contributed by atoms with van der Waals surface area (Å²) >= 11 is 5.80. The summed E-state index contributed by atoms with van der Waals surface area (Å²) in [6.45, 7) is -0.0996. The van der Waals surface area contributed by atoms with Crippen LogP contribution in [0.4, 0.5) is 10.3 Å². The second kappa shape index (κ2) is 7.40. The van der Waals surface area contributed by atoms with Gasteiger partial charge in [0.1, 0.15) is 17.7 Å². The van der Waals surface area contributed by atoms with Crippen LogP contribution in [0.15, 0.2) is 47.7 Å². The van der Waals surface area contributed by atoms with Crippen molar-refractivity contribution in [1.82, 2.24) is 19.5 Å². The zero-order valence-electron chi connectivity index (χ0n) is 13.6. The number of aromatic nitrogens is 4. The monoisotopic (exact) mass is 373 g/mol. The quantitative estimate of drug-likeness (QED) is 0.690. The number of benzene rings is 1. The van der Waals surface area contributed by atoms with Crippen molar-refractivity contribution in [1.29, 1.82) is 0 Å². The smallest absolute Gasteiger partial charge is 0.255 e. The van der Waals surface area contributed by atoms with Crippen molar-refractivity contribution in [3.8, 4) is 11.4 Å². The lowest BCUT2D eigenvalue weighted by atomic mass is 10.1. The van der Waals surface area contributed by atoms with Gasteiger partial charge in [-0.15, -0.1) is 0 Å². The van der Waals surface area contributed by atoms with Crippen molar-refractivity contribution in [2.75, 3.05) is 11.9 Å². The average Bonchev–Trinajstić information content (AvgIpc) is 2.63. The van der Waals surface area contributed by atoms with Crippen LogP contribution in [0.1, 0.15) is 10.4 Å². The van der Waals surface area contributed by atoms with Crippen LogP contribution in [-0.2, 0) is 7.05 Å². The van der Waals surface area contributed by atoms with Gasteiger partial charge in [0, 0.05) is 23.7 Å². The number of halogens is 2. The highest BCUT2D eigenvalue weighted by Crippen LogP contribution is 2.17. The summed E-state index contributed by atoms with van der Waals surface area (Å²) in [4.78, 5) is 35.9. The Kier molecular flexibility index (Phi) is 5.04. The lowest BCUT2D eigenvalue weighted by Gasteiger charge is -2.11. The number of rotatable bonds is 5. The number of hydrogen-bond acceptors (Lipinski definition) is 6. The fraction of sp³-hybridized carbons (Fsp3) is 0.118. The molecule has 9 heteroatoms. The molecule has 0 saturated carbocycles. The summed E-state index contributed by atoms with van der Waals surface area (Å²) in [6.07, 6.45) is 2.15. The molecule has 7 nitrogen and oxygen atoms in total. The predicted molar refractivity (Wildman–Crippen MR) is 94.7 cm³/mol. The molecule has 3 rings (SSSR count). The third kappa shape index (κ3) is 3.75. The van der Waals surface area contributed by atoms with Crippen LogP contribution >= 0.6 is 11.6 Å². The van der Waals surface area contributed by atoms with Crippen molar-refractivity contribution in [2.24, 2.45) is 7.05 Å². The molecular weight excluding hydrogens is 361 g/mol. The molecule has 2 heterocycles. The molecule has 26 heavy (non-hydrogen) atoms. The number of Topliss-reactive ketones (excluding diaryl/α,β-unsaturated/α-hetero) is 1. The van der Waals surface area contributed by atoms with Crippen molar-refractivity contribution < 1.29 is 9.18 Å². The van der Waals surface area contributed by atoms with Crippen LogP contribution in [0.2, 0.25) is 5.02 Å². The van der Waals surface area contributed by atoms with E-state index in [1.54, 1.807) is 24.3 Å². The third-order valence-electron chi connectivity index (χ3n) is 3.62. The maximum Gasteiger partial charge on any atom is 0.255 e. The Balaban J connectivity index is 1.86. The van der Waals surface area contributed by atoms with Gasteiger partial charge in [0.05, 0.1) is 12.7 Å². The first kappa shape index (κ1) is 17.7. The van der Waals surface area contributed by atoms with Crippen LogP contribution in [0.25, 0.3) is 11.4 Å². The summed E-state index contributed by atoms with van der Waals surface area (Å²) in [5, 5.41) is 3.33. The summed E-state index contributed by atoms with van der Waals surface area (Å²) in [7, 11) is 1.49. The van der Waals surface area contributed by atoms with Gasteiger partial charge >= 0.3 is 0 Å². The highest BCUT2D eigenvalue weighted by molar-refractivity contribution is 6.30. The Bertz CT molecular complexity index is 1020. The van der Waals surface area contributed by atoms with Gasteiger partial charge < -0.3 is 5.32 Å². The lowest BCUT2D eigenvalue weighted by molar-refractivity contribution is 0.101. The number of hydrogen-bond donors (Lipinski definition) is 1. The summed E-state index contributed by atoms with van der Waals surface area (Å²) in [5.41, 5.74) is -0.00132. The molecule has 0 fully saturated rings. The van der Waals surface area contributed by atoms with Gasteiger partial charge in [-0.1, -0.05) is 11.6 Å². The van der Waals surface area contributed by atoms with E-state index < -0.39 is 11.4 Å². The molecule has 0 radical (unpaired) electrons. The van der Waals surface area contributed by atoms with E-state index in [4.69, 9.17) is 11.6 Å². The van der Waals surface area contributed by atoms with Gasteiger partial charge in [0.15, 0.2) is 11.6 Å². The van der Waals surface area contributed by atoms with E-state index in [1.165, 1.54) is 11.6 Å². The minimum atomic E-state index is -0.698. The first-order valence-corrected chi connectivity index (χ1v) is 7.90. The molecule has 0 spiro atoms. The average molecular weight is 374 g/mol. The molecule has 0 aliphatic heterocycles. The van der Waals surface area contributed by atoms with E-state index in [9.17, 15) is 14.0 Å². The number of ketones is 1. The normalized spacial score (nSPS) is 10.6. The maximum absolute atomic E-state index is 13.8. The van der Waals surface area contributed by atoms with Gasteiger partial charge in [-0.2, -0.15) is 0 Å². The Morgan fingerprint density at radius 3 is 2.73 bits per heavy atom. The fourth-order valence-corrected chi connectivity index (χ4v) is 2.34. The van der Waals surface area contributed by atoms with Gasteiger partial charge in [0.25, 0.3) is 5.56 Å². The van der Waals surface area contributed by atoms with Crippen molar-refractivity contribution in [3.05, 3.63) is 69.6 Å². The van der Waals surface area contributed by atoms with E-state index in [0.717, 1.165) is 18.6 Å². The van der Waals surface area contributed by atoms with Crippen LogP contribution in [0, 0.1) is 5.82 Å². The van der Waals surface area contributed by atoms with Crippen LogP contribution in [0.3, 0.4) is 0 Å². The number of nitrogens with zero attached hydrogens (tertiary/aromatic N) is 4. The minimum Gasteiger partial charge on any atom is -0.348 e. The van der Waals surface area contributed by atoms with Gasteiger partial charge in [0.2, 0.25) is 5.95 Å². The predicted octanol–water partition coefficient (Wildman–Crippen LogP) is 2.32. The molecule has 1 aromatic carbocycles. The summed E-state index contributed by atoms with van der Waals surface area (Å²) < 4.78 is 15.1. The summed E-state index contributed by atoms with van der Waals surface area (Å²) in [6, 6.07) is 7.59. The fourth-order valence-electron chi connectivity index (χ4n) is 2.22. The second-order valence-electron chi connectivity index (χ2n) is 5.37. The molecule has 3 aromatic rings. The molecule has 132 valence electrons. The van der Waals surface area contributed by atoms with E-state index in [0.29, 0.717) is 10.6 Å². The van der Waals surface area contributed by atoms with Gasteiger partial charge in [-0.3, -0.25) is 14.2 Å². The molecule has 0 amide bonds. The van der Waals surface area contributed by atoms with Crippen molar-refractivity contribution in [3.63, 3.8) is 0 Å². The largest absolute Gasteiger partial charge is 0.348 e. The standard InChI is InChI=1S/C17H13ClFN5O2/c1-24-15(26)6-13(16-12(19)7-20-9-22-16)23-17(24)21-8-14(25)10-2-4-11(18)5-3-10/h2-7,9H,8H2,1H3,(H,21,23). The second-order valence-corrected chi connectivity index (χ2v) is 5.80. The SMILES string of the molecule is Cn1c(NCC(=O)c2ccc(Cl)cc2)nc(-c2ncncc2F)cc1=O. The minimum absolute atomic E-state index is 0.0504. The number of anilines is 1. The van der Waals surface area contributed by atoms with E-state index in [2.05, 4.69) is 20.3 Å². The van der Waals surface area contributed by atoms with E-state index in [-0.39, 0.29) is 29.7 Å². The first-order chi connectivity index (χ1) is 12.5. The van der Waals surface area contributed by atoms with E-state index in [1.807, 2.05) is 0 Å². The molecule has 0 unspecified atom stereocenters. The Morgan fingerprint density at radius 1 is 1.31 bits per heavy atom. The molecular formula is C17H13ClFN5O2. The number of carbonyl (C=O) groups excluding carboxylic acids is 1.